The number of rotatable bonds is 4. The third kappa shape index (κ3) is 3.45. The van der Waals surface area contributed by atoms with Gasteiger partial charge in [0.1, 0.15) is 5.75 Å². The van der Waals surface area contributed by atoms with Crippen LogP contribution < -0.4 is 4.74 Å². The fourth-order valence-corrected chi connectivity index (χ4v) is 2.70. The Kier molecular flexibility index (Phi) is 4.47. The zero-order chi connectivity index (χ0) is 16.2. The van der Waals surface area contributed by atoms with Crippen molar-refractivity contribution in [1.29, 1.82) is 0 Å². The van der Waals surface area contributed by atoms with Gasteiger partial charge in [0.2, 0.25) is 0 Å². The van der Waals surface area contributed by atoms with E-state index in [0.717, 1.165) is 5.75 Å². The van der Waals surface area contributed by atoms with E-state index in [9.17, 15) is 0 Å². The number of methoxy groups -OCH3 is 1. The van der Waals surface area contributed by atoms with Crippen molar-refractivity contribution in [2.24, 2.45) is 0 Å². The highest BCUT2D eigenvalue weighted by Gasteiger charge is 2.17. The first-order valence-electron chi connectivity index (χ1n) is 7.83. The lowest BCUT2D eigenvalue weighted by Gasteiger charge is -2.19. The van der Waals surface area contributed by atoms with Crippen LogP contribution in [0.3, 0.4) is 0 Å². The molecule has 0 amide bonds. The maximum Gasteiger partial charge on any atom is 0.118 e. The van der Waals surface area contributed by atoms with E-state index in [4.69, 9.17) is 4.74 Å². The maximum atomic E-state index is 5.28. The monoisotopic (exact) mass is 301 g/mol. The van der Waals surface area contributed by atoms with Crippen molar-refractivity contribution >= 4 is 0 Å². The molecule has 3 aromatic carbocycles. The summed E-state index contributed by atoms with van der Waals surface area (Å²) in [6, 6.07) is 25.7. The van der Waals surface area contributed by atoms with Gasteiger partial charge in [-0.25, -0.2) is 0 Å². The Bertz CT molecular complexity index is 707. The molecule has 0 saturated heterocycles. The van der Waals surface area contributed by atoms with E-state index in [1.807, 2.05) is 12.1 Å². The van der Waals surface area contributed by atoms with Crippen LogP contribution in [0.15, 0.2) is 72.8 Å². The summed E-state index contributed by atoms with van der Waals surface area (Å²) >= 11 is 0. The number of ether oxygens (including phenoxy) is 1. The number of aryl methyl sites for hydroxylation is 2. The molecule has 0 aromatic heterocycles. The zero-order valence-electron chi connectivity index (χ0n) is 13.8. The second kappa shape index (κ2) is 6.70. The van der Waals surface area contributed by atoms with E-state index in [-0.39, 0.29) is 0 Å². The molecule has 0 unspecified atom stereocenters. The quantitative estimate of drug-likeness (QED) is 0.592. The summed E-state index contributed by atoms with van der Waals surface area (Å²) in [5.41, 5.74) is 6.19. The van der Waals surface area contributed by atoms with Crippen molar-refractivity contribution in [2.75, 3.05) is 7.11 Å². The Balaban J connectivity index is 2.08. The van der Waals surface area contributed by atoms with E-state index in [1.54, 1.807) is 7.11 Å². The third-order valence-electron chi connectivity index (χ3n) is 4.06. The summed E-state index contributed by atoms with van der Waals surface area (Å²) < 4.78 is 5.28. The molecule has 0 aliphatic heterocycles. The first kappa shape index (κ1) is 15.4. The minimum absolute atomic E-state index is 0.876. The van der Waals surface area contributed by atoms with Crippen LogP contribution in [0.5, 0.6) is 5.75 Å². The Morgan fingerprint density at radius 1 is 0.565 bits per heavy atom. The second-order valence-electron chi connectivity index (χ2n) is 5.84. The molecule has 0 fully saturated rings. The molecule has 3 aromatic rings. The number of benzene rings is 3. The van der Waals surface area contributed by atoms with Gasteiger partial charge in [0.05, 0.1) is 13.0 Å². The average molecular weight is 301 g/mol. The van der Waals surface area contributed by atoms with Gasteiger partial charge in [-0.05, 0) is 42.7 Å². The lowest BCUT2D eigenvalue weighted by molar-refractivity contribution is 0.414. The lowest BCUT2D eigenvalue weighted by atomic mass is 9.84. The number of hydrogen-bond acceptors (Lipinski definition) is 1. The topological polar surface area (TPSA) is 9.23 Å². The van der Waals surface area contributed by atoms with Crippen LogP contribution in [0.25, 0.3) is 0 Å². The average Bonchev–Trinajstić information content (AvgIpc) is 2.59. The van der Waals surface area contributed by atoms with Gasteiger partial charge in [-0.1, -0.05) is 71.8 Å². The van der Waals surface area contributed by atoms with Gasteiger partial charge in [0.15, 0.2) is 0 Å². The highest BCUT2D eigenvalue weighted by Crippen LogP contribution is 2.32. The molecular formula is C22H21O. The van der Waals surface area contributed by atoms with E-state index in [2.05, 4.69) is 74.5 Å². The van der Waals surface area contributed by atoms with Crippen molar-refractivity contribution in [3.8, 4) is 5.75 Å². The molecule has 0 atom stereocenters. The molecule has 1 radical (unpaired) electrons. The second-order valence-corrected chi connectivity index (χ2v) is 5.84. The van der Waals surface area contributed by atoms with Crippen molar-refractivity contribution in [2.45, 2.75) is 13.8 Å². The molecule has 0 N–H and O–H groups in total. The fourth-order valence-electron chi connectivity index (χ4n) is 2.70. The van der Waals surface area contributed by atoms with Crippen LogP contribution in [0.1, 0.15) is 27.8 Å². The highest BCUT2D eigenvalue weighted by molar-refractivity contribution is 5.58. The molecule has 0 heterocycles. The van der Waals surface area contributed by atoms with Crippen LogP contribution >= 0.6 is 0 Å². The van der Waals surface area contributed by atoms with Crippen LogP contribution in [-0.2, 0) is 0 Å². The molecule has 0 spiro atoms. The van der Waals surface area contributed by atoms with Gasteiger partial charge in [0.25, 0.3) is 0 Å². The zero-order valence-corrected chi connectivity index (χ0v) is 13.8. The molecule has 0 aliphatic carbocycles. The van der Waals surface area contributed by atoms with Crippen LogP contribution in [-0.4, -0.2) is 7.11 Å². The van der Waals surface area contributed by atoms with E-state index < -0.39 is 0 Å². The Hall–Kier alpha value is -2.54. The Morgan fingerprint density at radius 2 is 0.913 bits per heavy atom. The fraction of sp³-hybridized carbons (Fsp3) is 0.136. The minimum Gasteiger partial charge on any atom is -0.497 e. The standard InChI is InChI=1S/C22H21O/c1-16-4-8-18(9-5-16)22(19-10-6-17(2)7-11-19)20-12-14-21(23-3)15-13-20/h4-15H,1-3H3. The van der Waals surface area contributed by atoms with Gasteiger partial charge in [0, 0.05) is 0 Å². The molecule has 3 rings (SSSR count). The lowest BCUT2D eigenvalue weighted by Crippen LogP contribution is -2.04. The highest BCUT2D eigenvalue weighted by atomic mass is 16.5. The maximum absolute atomic E-state index is 5.28. The summed E-state index contributed by atoms with van der Waals surface area (Å²) in [6.45, 7) is 4.23. The summed E-state index contributed by atoms with van der Waals surface area (Å²) in [5.74, 6) is 2.12. The summed E-state index contributed by atoms with van der Waals surface area (Å²) in [6.07, 6.45) is 0. The molecular weight excluding hydrogens is 280 g/mol. The Labute approximate surface area is 138 Å². The van der Waals surface area contributed by atoms with Crippen molar-refractivity contribution in [3.63, 3.8) is 0 Å². The molecule has 0 bridgehead atoms. The summed E-state index contributed by atoms with van der Waals surface area (Å²) in [5, 5.41) is 0. The predicted molar refractivity (Wildman–Crippen MR) is 95.9 cm³/mol. The Morgan fingerprint density at radius 3 is 1.26 bits per heavy atom. The van der Waals surface area contributed by atoms with Gasteiger partial charge in [-0.2, -0.15) is 0 Å². The smallest absolute Gasteiger partial charge is 0.118 e. The molecule has 0 saturated carbocycles. The van der Waals surface area contributed by atoms with E-state index in [1.165, 1.54) is 33.7 Å². The minimum atomic E-state index is 0.876. The van der Waals surface area contributed by atoms with Gasteiger partial charge in [-0.3, -0.25) is 0 Å². The van der Waals surface area contributed by atoms with Gasteiger partial charge < -0.3 is 4.74 Å². The number of hydrogen-bond donors (Lipinski definition) is 0. The first-order chi connectivity index (χ1) is 11.2. The largest absolute Gasteiger partial charge is 0.497 e. The first-order valence-corrected chi connectivity index (χ1v) is 7.83. The molecule has 1 nitrogen and oxygen atoms in total. The van der Waals surface area contributed by atoms with E-state index >= 15 is 0 Å². The van der Waals surface area contributed by atoms with E-state index in [0.29, 0.717) is 0 Å². The molecule has 0 aliphatic rings. The normalized spacial score (nSPS) is 10.8. The van der Waals surface area contributed by atoms with Crippen LogP contribution in [0, 0.1) is 19.8 Å². The van der Waals surface area contributed by atoms with Crippen molar-refractivity contribution in [1.82, 2.24) is 0 Å². The third-order valence-corrected chi connectivity index (χ3v) is 4.06. The molecule has 115 valence electrons. The van der Waals surface area contributed by atoms with Crippen molar-refractivity contribution < 1.29 is 4.74 Å². The van der Waals surface area contributed by atoms with Crippen molar-refractivity contribution in [3.05, 3.63) is 107 Å². The van der Waals surface area contributed by atoms with Gasteiger partial charge >= 0.3 is 0 Å². The molecule has 23 heavy (non-hydrogen) atoms. The molecule has 1 heteroatoms. The summed E-state index contributed by atoms with van der Waals surface area (Å²) in [7, 11) is 1.69. The van der Waals surface area contributed by atoms with Gasteiger partial charge in [-0.15, -0.1) is 0 Å². The summed E-state index contributed by atoms with van der Waals surface area (Å²) in [4.78, 5) is 0. The van der Waals surface area contributed by atoms with Crippen LogP contribution in [0.4, 0.5) is 0 Å². The predicted octanol–water partition coefficient (Wildman–Crippen LogP) is 5.33. The van der Waals surface area contributed by atoms with Crippen LogP contribution in [0.2, 0.25) is 0 Å². The SMILES string of the molecule is COc1ccc([C](c2ccc(C)cc2)c2ccc(C)cc2)cc1.